The van der Waals surface area contributed by atoms with Crippen LogP contribution in [0.2, 0.25) is 0 Å². The SMILES string of the molecule is CCCCC(CC)COC(=O)C1CCC(C(=O)OCCC)CC1. The summed E-state index contributed by atoms with van der Waals surface area (Å²) in [5, 5.41) is 0. The fourth-order valence-electron chi connectivity index (χ4n) is 3.10. The highest BCUT2D eigenvalue weighted by Gasteiger charge is 2.31. The molecule has 0 aromatic carbocycles. The number of carbonyl (C=O) groups is 2. The molecule has 1 saturated carbocycles. The molecule has 0 heterocycles. The summed E-state index contributed by atoms with van der Waals surface area (Å²) in [5.74, 6) is 0.260. The fourth-order valence-corrected chi connectivity index (χ4v) is 3.10. The number of hydrogen-bond donors (Lipinski definition) is 0. The first-order chi connectivity index (χ1) is 11.1. The van der Waals surface area contributed by atoms with Crippen molar-refractivity contribution in [1.82, 2.24) is 0 Å². The predicted octanol–water partition coefficient (Wildman–Crippen LogP) is 4.51. The quantitative estimate of drug-likeness (QED) is 0.554. The number of carbonyl (C=O) groups excluding carboxylic acids is 2. The Morgan fingerprint density at radius 2 is 1.48 bits per heavy atom. The summed E-state index contributed by atoms with van der Waals surface area (Å²) in [5.41, 5.74) is 0. The minimum Gasteiger partial charge on any atom is -0.465 e. The van der Waals surface area contributed by atoms with Crippen LogP contribution < -0.4 is 0 Å². The third-order valence-corrected chi connectivity index (χ3v) is 4.85. The lowest BCUT2D eigenvalue weighted by atomic mass is 9.82. The first-order valence-electron chi connectivity index (χ1n) is 9.45. The van der Waals surface area contributed by atoms with Crippen molar-refractivity contribution >= 4 is 11.9 Å². The Morgan fingerprint density at radius 3 is 1.96 bits per heavy atom. The third-order valence-electron chi connectivity index (χ3n) is 4.85. The predicted molar refractivity (Wildman–Crippen MR) is 91.0 cm³/mol. The smallest absolute Gasteiger partial charge is 0.308 e. The molecule has 0 aliphatic heterocycles. The summed E-state index contributed by atoms with van der Waals surface area (Å²) in [7, 11) is 0. The maximum Gasteiger partial charge on any atom is 0.308 e. The van der Waals surface area contributed by atoms with Crippen molar-refractivity contribution in [2.45, 2.75) is 78.6 Å². The van der Waals surface area contributed by atoms with E-state index in [1.807, 2.05) is 6.92 Å². The van der Waals surface area contributed by atoms with Crippen LogP contribution in [0.1, 0.15) is 78.6 Å². The van der Waals surface area contributed by atoms with E-state index in [1.54, 1.807) is 0 Å². The van der Waals surface area contributed by atoms with Crippen molar-refractivity contribution in [3.8, 4) is 0 Å². The van der Waals surface area contributed by atoms with Gasteiger partial charge in [-0.05, 0) is 44.4 Å². The maximum atomic E-state index is 12.2. The van der Waals surface area contributed by atoms with E-state index >= 15 is 0 Å². The Labute approximate surface area is 141 Å². The van der Waals surface area contributed by atoms with Gasteiger partial charge in [0, 0.05) is 0 Å². The van der Waals surface area contributed by atoms with Crippen LogP contribution in [0.15, 0.2) is 0 Å². The molecule has 1 unspecified atom stereocenters. The van der Waals surface area contributed by atoms with Crippen molar-refractivity contribution in [3.63, 3.8) is 0 Å². The fraction of sp³-hybridized carbons (Fsp3) is 0.895. The molecule has 0 spiro atoms. The molecular formula is C19H34O4. The van der Waals surface area contributed by atoms with E-state index in [2.05, 4.69) is 13.8 Å². The summed E-state index contributed by atoms with van der Waals surface area (Å²) in [6.45, 7) is 7.37. The molecule has 1 aliphatic carbocycles. The summed E-state index contributed by atoms with van der Waals surface area (Å²) in [4.78, 5) is 24.1. The van der Waals surface area contributed by atoms with Gasteiger partial charge in [0.05, 0.1) is 25.0 Å². The minimum absolute atomic E-state index is 0.0291. The summed E-state index contributed by atoms with van der Waals surface area (Å²) >= 11 is 0. The van der Waals surface area contributed by atoms with E-state index in [0.717, 1.165) is 44.9 Å². The van der Waals surface area contributed by atoms with Crippen molar-refractivity contribution in [2.24, 2.45) is 17.8 Å². The molecular weight excluding hydrogens is 292 g/mol. The van der Waals surface area contributed by atoms with Gasteiger partial charge in [0.2, 0.25) is 0 Å². The second-order valence-electron chi connectivity index (χ2n) is 6.76. The second-order valence-corrected chi connectivity index (χ2v) is 6.76. The van der Waals surface area contributed by atoms with E-state index in [1.165, 1.54) is 12.8 Å². The summed E-state index contributed by atoms with van der Waals surface area (Å²) in [6.07, 6.45) is 8.41. The molecule has 0 N–H and O–H groups in total. The monoisotopic (exact) mass is 326 g/mol. The molecule has 1 fully saturated rings. The highest BCUT2D eigenvalue weighted by atomic mass is 16.5. The van der Waals surface area contributed by atoms with Gasteiger partial charge in [0.15, 0.2) is 0 Å². The van der Waals surface area contributed by atoms with Crippen LogP contribution in [-0.4, -0.2) is 25.2 Å². The molecule has 0 saturated heterocycles. The summed E-state index contributed by atoms with van der Waals surface area (Å²) < 4.78 is 10.7. The Hall–Kier alpha value is -1.06. The van der Waals surface area contributed by atoms with Crippen molar-refractivity contribution < 1.29 is 19.1 Å². The van der Waals surface area contributed by atoms with Gasteiger partial charge >= 0.3 is 11.9 Å². The van der Waals surface area contributed by atoms with Crippen LogP contribution in [0.4, 0.5) is 0 Å². The number of rotatable bonds is 10. The first kappa shape index (κ1) is 20.0. The molecule has 23 heavy (non-hydrogen) atoms. The zero-order valence-electron chi connectivity index (χ0n) is 15.1. The standard InChI is InChI=1S/C19H34O4/c1-4-7-8-15(6-3)14-23-19(21)17-11-9-16(10-12-17)18(20)22-13-5-2/h15-17H,4-14H2,1-3H3. The topological polar surface area (TPSA) is 52.6 Å². The highest BCUT2D eigenvalue weighted by molar-refractivity contribution is 5.75. The number of esters is 2. The molecule has 4 heteroatoms. The van der Waals surface area contributed by atoms with Gasteiger partial charge in [-0.2, -0.15) is 0 Å². The molecule has 134 valence electrons. The Kier molecular flexibility index (Phi) is 9.97. The van der Waals surface area contributed by atoms with Gasteiger partial charge in [0.25, 0.3) is 0 Å². The van der Waals surface area contributed by atoms with Gasteiger partial charge < -0.3 is 9.47 Å². The van der Waals surface area contributed by atoms with Crippen LogP contribution in [-0.2, 0) is 19.1 Å². The minimum atomic E-state index is -0.0933. The van der Waals surface area contributed by atoms with Crippen molar-refractivity contribution in [3.05, 3.63) is 0 Å². The first-order valence-corrected chi connectivity index (χ1v) is 9.45. The van der Waals surface area contributed by atoms with E-state index in [-0.39, 0.29) is 23.8 Å². The molecule has 0 radical (unpaired) electrons. The van der Waals surface area contributed by atoms with Gasteiger partial charge in [-0.1, -0.05) is 40.0 Å². The molecule has 1 atom stereocenters. The van der Waals surface area contributed by atoms with Crippen molar-refractivity contribution in [1.29, 1.82) is 0 Å². The van der Waals surface area contributed by atoms with E-state index in [4.69, 9.17) is 9.47 Å². The molecule has 1 aliphatic rings. The number of unbranched alkanes of at least 4 members (excludes halogenated alkanes) is 1. The number of ether oxygens (including phenoxy) is 2. The van der Waals surface area contributed by atoms with Gasteiger partial charge in [-0.15, -0.1) is 0 Å². The molecule has 0 amide bonds. The summed E-state index contributed by atoms with van der Waals surface area (Å²) in [6, 6.07) is 0. The second kappa shape index (κ2) is 11.5. The Balaban J connectivity index is 2.27. The maximum absolute atomic E-state index is 12.2. The van der Waals surface area contributed by atoms with Crippen LogP contribution >= 0.6 is 0 Å². The largest absolute Gasteiger partial charge is 0.465 e. The molecule has 0 aromatic rings. The lowest BCUT2D eigenvalue weighted by molar-refractivity contribution is -0.156. The Bertz CT molecular complexity index is 345. The van der Waals surface area contributed by atoms with Gasteiger partial charge in [0.1, 0.15) is 0 Å². The normalized spacial score (nSPS) is 22.4. The van der Waals surface area contributed by atoms with E-state index in [0.29, 0.717) is 19.1 Å². The average Bonchev–Trinajstić information content (AvgIpc) is 2.59. The van der Waals surface area contributed by atoms with Gasteiger partial charge in [-0.3, -0.25) is 9.59 Å². The number of hydrogen-bond acceptors (Lipinski definition) is 4. The van der Waals surface area contributed by atoms with Crippen LogP contribution in [0.5, 0.6) is 0 Å². The average molecular weight is 326 g/mol. The van der Waals surface area contributed by atoms with Crippen LogP contribution in [0.25, 0.3) is 0 Å². The molecule has 0 bridgehead atoms. The third kappa shape index (κ3) is 7.36. The molecule has 4 nitrogen and oxygen atoms in total. The highest BCUT2D eigenvalue weighted by Crippen LogP contribution is 2.30. The van der Waals surface area contributed by atoms with E-state index < -0.39 is 0 Å². The van der Waals surface area contributed by atoms with Crippen LogP contribution in [0, 0.1) is 17.8 Å². The Morgan fingerprint density at radius 1 is 0.913 bits per heavy atom. The zero-order valence-corrected chi connectivity index (χ0v) is 15.1. The lowest BCUT2D eigenvalue weighted by Crippen LogP contribution is -2.29. The molecule has 1 rings (SSSR count). The molecule has 0 aromatic heterocycles. The van der Waals surface area contributed by atoms with Crippen LogP contribution in [0.3, 0.4) is 0 Å². The van der Waals surface area contributed by atoms with E-state index in [9.17, 15) is 9.59 Å². The zero-order chi connectivity index (χ0) is 17.1. The van der Waals surface area contributed by atoms with Gasteiger partial charge in [-0.25, -0.2) is 0 Å². The van der Waals surface area contributed by atoms with Crippen molar-refractivity contribution in [2.75, 3.05) is 13.2 Å². The lowest BCUT2D eigenvalue weighted by Gasteiger charge is -2.26.